The van der Waals surface area contributed by atoms with Gasteiger partial charge >= 0.3 is 0 Å². The molecule has 3 N–H and O–H groups in total. The number of nitrogens with two attached hydrogens (primary N) is 1. The van der Waals surface area contributed by atoms with Crippen LogP contribution in [0.4, 0.5) is 5.69 Å². The minimum Gasteiger partial charge on any atom is -0.492 e. The van der Waals surface area contributed by atoms with Crippen molar-refractivity contribution in [2.45, 2.75) is 0 Å². The maximum atomic E-state index is 12.0. The van der Waals surface area contributed by atoms with Gasteiger partial charge in [-0.15, -0.1) is 0 Å². The van der Waals surface area contributed by atoms with Gasteiger partial charge in [-0.05, 0) is 24.3 Å². The summed E-state index contributed by atoms with van der Waals surface area (Å²) in [5, 5.41) is 3.22. The Morgan fingerprint density at radius 2 is 2.20 bits per heavy atom. The van der Waals surface area contributed by atoms with Crippen LogP contribution in [0.2, 0.25) is 5.02 Å². The number of nitrogens with zero attached hydrogens (tertiary/aromatic N) is 1. The van der Waals surface area contributed by atoms with E-state index in [-0.39, 0.29) is 5.91 Å². The van der Waals surface area contributed by atoms with Gasteiger partial charge in [-0.3, -0.25) is 4.79 Å². The number of carbonyl (C=O) groups is 1. The number of hydrogen-bond donors (Lipinski definition) is 2. The molecule has 0 aliphatic rings. The van der Waals surface area contributed by atoms with Crippen molar-refractivity contribution in [2.24, 2.45) is 5.73 Å². The number of benzene rings is 1. The van der Waals surface area contributed by atoms with Crippen LogP contribution in [-0.4, -0.2) is 24.0 Å². The lowest BCUT2D eigenvalue weighted by atomic mass is 10.2. The topological polar surface area (TPSA) is 77.2 Å². The molecule has 20 heavy (non-hydrogen) atoms. The summed E-state index contributed by atoms with van der Waals surface area (Å²) in [4.78, 5) is 15.9. The second kappa shape index (κ2) is 6.88. The van der Waals surface area contributed by atoms with E-state index in [1.54, 1.807) is 36.4 Å². The van der Waals surface area contributed by atoms with Crippen molar-refractivity contribution in [1.82, 2.24) is 4.98 Å². The predicted molar refractivity (Wildman–Crippen MR) is 78.2 cm³/mol. The number of anilines is 1. The highest BCUT2D eigenvalue weighted by molar-refractivity contribution is 6.30. The van der Waals surface area contributed by atoms with Gasteiger partial charge in [0.05, 0.1) is 5.02 Å². The Bertz CT molecular complexity index is 587. The van der Waals surface area contributed by atoms with E-state index in [1.807, 2.05) is 0 Å². The maximum Gasteiger partial charge on any atom is 0.274 e. The summed E-state index contributed by atoms with van der Waals surface area (Å²) in [7, 11) is 0. The molecule has 5 nitrogen and oxygen atoms in total. The second-order valence-corrected chi connectivity index (χ2v) is 4.42. The summed E-state index contributed by atoms with van der Waals surface area (Å²) in [5.41, 5.74) is 6.29. The standard InChI is InChI=1S/C14H14ClN3O2/c15-10-4-5-13(17-9-10)14(19)18-11-2-1-3-12(8-11)20-7-6-16/h1-5,8-9H,6-7,16H2,(H,18,19). The first-order valence-electron chi connectivity index (χ1n) is 6.05. The monoisotopic (exact) mass is 291 g/mol. The van der Waals surface area contributed by atoms with Crippen molar-refractivity contribution in [3.05, 3.63) is 53.3 Å². The van der Waals surface area contributed by atoms with Gasteiger partial charge in [-0.2, -0.15) is 0 Å². The molecule has 0 radical (unpaired) electrons. The van der Waals surface area contributed by atoms with Gasteiger partial charge in [0.1, 0.15) is 18.1 Å². The van der Waals surface area contributed by atoms with Crippen molar-refractivity contribution in [2.75, 3.05) is 18.5 Å². The van der Waals surface area contributed by atoms with Crippen LogP contribution in [0.25, 0.3) is 0 Å². The quantitative estimate of drug-likeness (QED) is 0.886. The number of amides is 1. The smallest absolute Gasteiger partial charge is 0.274 e. The van der Waals surface area contributed by atoms with Gasteiger partial charge in [0.15, 0.2) is 0 Å². The minimum absolute atomic E-state index is 0.294. The van der Waals surface area contributed by atoms with Gasteiger partial charge in [0, 0.05) is 24.5 Å². The zero-order valence-electron chi connectivity index (χ0n) is 10.7. The fourth-order valence-electron chi connectivity index (χ4n) is 1.55. The Balaban J connectivity index is 2.05. The Kier molecular flexibility index (Phi) is 4.92. The van der Waals surface area contributed by atoms with Crippen LogP contribution in [-0.2, 0) is 0 Å². The Hall–Kier alpha value is -2.11. The van der Waals surface area contributed by atoms with Crippen molar-refractivity contribution in [3.63, 3.8) is 0 Å². The molecule has 0 bridgehead atoms. The van der Waals surface area contributed by atoms with E-state index in [4.69, 9.17) is 22.1 Å². The predicted octanol–water partition coefficient (Wildman–Crippen LogP) is 2.32. The third kappa shape index (κ3) is 3.94. The van der Waals surface area contributed by atoms with Gasteiger partial charge in [-0.1, -0.05) is 17.7 Å². The van der Waals surface area contributed by atoms with E-state index in [0.29, 0.717) is 35.3 Å². The second-order valence-electron chi connectivity index (χ2n) is 3.98. The van der Waals surface area contributed by atoms with Crippen LogP contribution in [0.1, 0.15) is 10.5 Å². The molecule has 0 unspecified atom stereocenters. The Morgan fingerprint density at radius 1 is 1.35 bits per heavy atom. The molecule has 1 aromatic carbocycles. The van der Waals surface area contributed by atoms with Crippen LogP contribution in [0.15, 0.2) is 42.6 Å². The third-order valence-corrected chi connectivity index (χ3v) is 2.66. The first kappa shape index (κ1) is 14.3. The summed E-state index contributed by atoms with van der Waals surface area (Å²) in [6.07, 6.45) is 1.43. The SMILES string of the molecule is NCCOc1cccc(NC(=O)c2ccc(Cl)cn2)c1. The van der Waals surface area contributed by atoms with Gasteiger partial charge in [0.25, 0.3) is 5.91 Å². The van der Waals surface area contributed by atoms with Crippen molar-refractivity contribution in [3.8, 4) is 5.75 Å². The van der Waals surface area contributed by atoms with Crippen molar-refractivity contribution < 1.29 is 9.53 Å². The first-order chi connectivity index (χ1) is 9.69. The molecular formula is C14H14ClN3O2. The zero-order valence-corrected chi connectivity index (χ0v) is 11.4. The molecule has 2 rings (SSSR count). The molecular weight excluding hydrogens is 278 g/mol. The number of ether oxygens (including phenoxy) is 1. The number of aromatic nitrogens is 1. The van der Waals surface area contributed by atoms with E-state index >= 15 is 0 Å². The van der Waals surface area contributed by atoms with E-state index in [9.17, 15) is 4.79 Å². The summed E-state index contributed by atoms with van der Waals surface area (Å²) < 4.78 is 5.39. The molecule has 0 spiro atoms. The Labute approximate surface area is 121 Å². The largest absolute Gasteiger partial charge is 0.492 e. The molecule has 6 heteroatoms. The molecule has 1 heterocycles. The lowest BCUT2D eigenvalue weighted by Gasteiger charge is -2.08. The first-order valence-corrected chi connectivity index (χ1v) is 6.42. The summed E-state index contributed by atoms with van der Waals surface area (Å²) in [6.45, 7) is 0.863. The summed E-state index contributed by atoms with van der Waals surface area (Å²) in [6, 6.07) is 10.3. The van der Waals surface area contributed by atoms with Gasteiger partial charge < -0.3 is 15.8 Å². The fraction of sp³-hybridized carbons (Fsp3) is 0.143. The van der Waals surface area contributed by atoms with E-state index in [0.717, 1.165) is 0 Å². The highest BCUT2D eigenvalue weighted by Crippen LogP contribution is 2.18. The summed E-state index contributed by atoms with van der Waals surface area (Å²) in [5.74, 6) is 0.343. The zero-order chi connectivity index (χ0) is 14.4. The highest BCUT2D eigenvalue weighted by atomic mass is 35.5. The molecule has 0 saturated heterocycles. The van der Waals surface area contributed by atoms with E-state index in [2.05, 4.69) is 10.3 Å². The number of rotatable bonds is 5. The normalized spacial score (nSPS) is 10.1. The van der Waals surface area contributed by atoms with Gasteiger partial charge in [0.2, 0.25) is 0 Å². The van der Waals surface area contributed by atoms with Crippen LogP contribution >= 0.6 is 11.6 Å². The molecule has 2 aromatic rings. The average Bonchev–Trinajstić information content (AvgIpc) is 2.46. The Morgan fingerprint density at radius 3 is 2.90 bits per heavy atom. The molecule has 104 valence electrons. The van der Waals surface area contributed by atoms with Crippen molar-refractivity contribution >= 4 is 23.2 Å². The fourth-order valence-corrected chi connectivity index (χ4v) is 1.66. The van der Waals surface area contributed by atoms with E-state index in [1.165, 1.54) is 6.20 Å². The molecule has 1 aromatic heterocycles. The van der Waals surface area contributed by atoms with Crippen molar-refractivity contribution in [1.29, 1.82) is 0 Å². The molecule has 0 fully saturated rings. The number of hydrogen-bond acceptors (Lipinski definition) is 4. The maximum absolute atomic E-state index is 12.0. The molecule has 1 amide bonds. The number of carbonyl (C=O) groups excluding carboxylic acids is 1. The number of pyridine rings is 1. The van der Waals surface area contributed by atoms with Crippen LogP contribution in [0.5, 0.6) is 5.75 Å². The van der Waals surface area contributed by atoms with Gasteiger partial charge in [-0.25, -0.2) is 4.98 Å². The molecule has 0 aliphatic carbocycles. The molecule has 0 aliphatic heterocycles. The summed E-state index contributed by atoms with van der Waals surface area (Å²) >= 11 is 5.72. The van der Waals surface area contributed by atoms with Crippen LogP contribution in [0.3, 0.4) is 0 Å². The molecule has 0 saturated carbocycles. The number of nitrogens with one attached hydrogen (secondary N) is 1. The van der Waals surface area contributed by atoms with Crippen LogP contribution < -0.4 is 15.8 Å². The minimum atomic E-state index is -0.308. The lowest BCUT2D eigenvalue weighted by Crippen LogP contribution is -2.14. The van der Waals surface area contributed by atoms with E-state index < -0.39 is 0 Å². The lowest BCUT2D eigenvalue weighted by molar-refractivity contribution is 0.102. The van der Waals surface area contributed by atoms with Crippen LogP contribution in [0, 0.1) is 0 Å². The number of halogens is 1. The third-order valence-electron chi connectivity index (χ3n) is 2.44. The molecule has 0 atom stereocenters. The highest BCUT2D eigenvalue weighted by Gasteiger charge is 2.07. The average molecular weight is 292 g/mol.